The number of aromatic nitrogens is 1. The number of aromatic amines is 1. The summed E-state index contributed by atoms with van der Waals surface area (Å²) < 4.78 is 36.2. The van der Waals surface area contributed by atoms with E-state index in [9.17, 15) is 23.2 Å². The lowest BCUT2D eigenvalue weighted by Gasteiger charge is -2.12. The maximum Gasteiger partial charge on any atom is 0.341 e. The zero-order valence-electron chi connectivity index (χ0n) is 14.6. The number of nitrogens with one attached hydrogen (secondary N) is 1. The van der Waals surface area contributed by atoms with E-state index in [1.807, 2.05) is 0 Å². The molecule has 1 N–H and O–H groups in total. The first-order chi connectivity index (χ1) is 12.2. The number of hydrogen-bond donors (Lipinski definition) is 1. The minimum atomic E-state index is -1.26. The lowest BCUT2D eigenvalue weighted by Crippen LogP contribution is -2.26. The molecule has 2 rings (SSSR count). The smallest absolute Gasteiger partial charge is 0.341 e. The molecule has 26 heavy (non-hydrogen) atoms. The van der Waals surface area contributed by atoms with Crippen molar-refractivity contribution in [3.63, 3.8) is 0 Å². The molecule has 0 bridgehead atoms. The quantitative estimate of drug-likeness (QED) is 0.650. The van der Waals surface area contributed by atoms with Crippen LogP contribution in [0.1, 0.15) is 49.4 Å². The van der Waals surface area contributed by atoms with Crippen molar-refractivity contribution >= 4 is 17.7 Å². The standard InChI is InChI=1S/C18H17F2NO5/c1-8-14(18(24)25-4)9(2)21-15(8)16(22)10(3)26-17(23)12-6-5-11(19)7-13(12)20/h5-7,10,21H,1-4H3/t10-/m1/s1. The van der Waals surface area contributed by atoms with Crippen LogP contribution in [0.15, 0.2) is 18.2 Å². The van der Waals surface area contributed by atoms with E-state index >= 15 is 0 Å². The lowest BCUT2D eigenvalue weighted by atomic mass is 10.1. The van der Waals surface area contributed by atoms with E-state index in [0.717, 1.165) is 12.1 Å². The van der Waals surface area contributed by atoms with E-state index in [-0.39, 0.29) is 11.3 Å². The Labute approximate surface area is 148 Å². The van der Waals surface area contributed by atoms with Gasteiger partial charge in [-0.25, -0.2) is 18.4 Å². The second kappa shape index (κ2) is 7.47. The SMILES string of the molecule is COC(=O)c1c(C)[nH]c(C(=O)[C@@H](C)OC(=O)c2ccc(F)cc2F)c1C. The number of benzene rings is 1. The number of rotatable bonds is 5. The highest BCUT2D eigenvalue weighted by Gasteiger charge is 2.28. The van der Waals surface area contributed by atoms with Crippen molar-refractivity contribution < 1.29 is 32.6 Å². The molecule has 0 amide bonds. The lowest BCUT2D eigenvalue weighted by molar-refractivity contribution is 0.0312. The Morgan fingerprint density at radius 3 is 2.35 bits per heavy atom. The van der Waals surface area contributed by atoms with Gasteiger partial charge < -0.3 is 14.5 Å². The number of aryl methyl sites for hydroxylation is 1. The summed E-state index contributed by atoms with van der Waals surface area (Å²) >= 11 is 0. The van der Waals surface area contributed by atoms with Gasteiger partial charge in [0.25, 0.3) is 0 Å². The fourth-order valence-corrected chi connectivity index (χ4v) is 2.54. The molecule has 0 aliphatic carbocycles. The zero-order valence-corrected chi connectivity index (χ0v) is 14.6. The molecule has 8 heteroatoms. The summed E-state index contributed by atoms with van der Waals surface area (Å²) in [5.74, 6) is -4.23. The monoisotopic (exact) mass is 365 g/mol. The van der Waals surface area contributed by atoms with Gasteiger partial charge in [0.05, 0.1) is 23.9 Å². The van der Waals surface area contributed by atoms with Crippen molar-refractivity contribution in [2.24, 2.45) is 0 Å². The highest BCUT2D eigenvalue weighted by molar-refractivity contribution is 6.04. The van der Waals surface area contributed by atoms with Gasteiger partial charge in [-0.1, -0.05) is 0 Å². The van der Waals surface area contributed by atoms with Gasteiger partial charge in [0.1, 0.15) is 11.6 Å². The molecule has 138 valence electrons. The molecule has 0 unspecified atom stereocenters. The minimum Gasteiger partial charge on any atom is -0.465 e. The number of Topliss-reactive ketones (excluding diaryl/α,β-unsaturated/α-hetero) is 1. The van der Waals surface area contributed by atoms with Crippen molar-refractivity contribution in [2.75, 3.05) is 7.11 Å². The number of ketones is 1. The van der Waals surface area contributed by atoms with Gasteiger partial charge in [-0.15, -0.1) is 0 Å². The van der Waals surface area contributed by atoms with Crippen molar-refractivity contribution in [3.8, 4) is 0 Å². The van der Waals surface area contributed by atoms with Gasteiger partial charge in [0, 0.05) is 11.8 Å². The second-order valence-electron chi connectivity index (χ2n) is 5.65. The van der Waals surface area contributed by atoms with E-state index in [1.54, 1.807) is 13.8 Å². The minimum absolute atomic E-state index is 0.0859. The molecule has 1 aromatic carbocycles. The van der Waals surface area contributed by atoms with E-state index in [2.05, 4.69) is 9.72 Å². The van der Waals surface area contributed by atoms with Crippen LogP contribution in [0, 0.1) is 25.5 Å². The highest BCUT2D eigenvalue weighted by atomic mass is 19.1. The van der Waals surface area contributed by atoms with Crippen LogP contribution < -0.4 is 0 Å². The Morgan fingerprint density at radius 1 is 1.12 bits per heavy atom. The molecular weight excluding hydrogens is 348 g/mol. The first-order valence-electron chi connectivity index (χ1n) is 7.65. The average molecular weight is 365 g/mol. The Morgan fingerprint density at radius 2 is 1.77 bits per heavy atom. The van der Waals surface area contributed by atoms with Crippen LogP contribution in [-0.2, 0) is 9.47 Å². The van der Waals surface area contributed by atoms with Gasteiger partial charge in [0.2, 0.25) is 5.78 Å². The van der Waals surface area contributed by atoms with Crippen molar-refractivity contribution in [1.82, 2.24) is 4.98 Å². The summed E-state index contributed by atoms with van der Waals surface area (Å²) in [5.41, 5.74) is 0.610. The molecule has 0 radical (unpaired) electrons. The Kier molecular flexibility index (Phi) is 5.54. The number of H-pyrrole nitrogens is 1. The maximum absolute atomic E-state index is 13.6. The molecular formula is C18H17F2NO5. The molecule has 2 aromatic rings. The number of ether oxygens (including phenoxy) is 2. The maximum atomic E-state index is 13.6. The summed E-state index contributed by atoms with van der Waals surface area (Å²) in [6.45, 7) is 4.47. The Hall–Kier alpha value is -3.03. The van der Waals surface area contributed by atoms with Crippen LogP contribution in [0.3, 0.4) is 0 Å². The van der Waals surface area contributed by atoms with E-state index in [1.165, 1.54) is 14.0 Å². The highest BCUT2D eigenvalue weighted by Crippen LogP contribution is 2.21. The topological polar surface area (TPSA) is 85.5 Å². The number of esters is 2. The fraction of sp³-hybridized carbons (Fsp3) is 0.278. The molecule has 0 aliphatic rings. The molecule has 0 saturated carbocycles. The first-order valence-corrected chi connectivity index (χ1v) is 7.65. The first kappa shape index (κ1) is 19.3. The van der Waals surface area contributed by atoms with Gasteiger partial charge in [-0.3, -0.25) is 4.79 Å². The summed E-state index contributed by atoms with van der Waals surface area (Å²) in [6.07, 6.45) is -1.26. The number of halogens is 2. The fourth-order valence-electron chi connectivity index (χ4n) is 2.54. The van der Waals surface area contributed by atoms with Crippen molar-refractivity contribution in [1.29, 1.82) is 0 Å². The normalized spacial score (nSPS) is 11.8. The van der Waals surface area contributed by atoms with Gasteiger partial charge in [-0.2, -0.15) is 0 Å². The third-order valence-corrected chi connectivity index (χ3v) is 3.88. The third kappa shape index (κ3) is 3.63. The van der Waals surface area contributed by atoms with Gasteiger partial charge in [-0.05, 0) is 38.5 Å². The Balaban J connectivity index is 2.22. The summed E-state index contributed by atoms with van der Waals surface area (Å²) in [7, 11) is 1.22. The number of hydrogen-bond acceptors (Lipinski definition) is 5. The van der Waals surface area contributed by atoms with Crippen LogP contribution in [0.25, 0.3) is 0 Å². The Bertz CT molecular complexity index is 888. The summed E-state index contributed by atoms with van der Waals surface area (Å²) in [6, 6.07) is 2.39. The molecule has 1 atom stereocenters. The molecule has 0 saturated heterocycles. The molecule has 1 aromatic heterocycles. The van der Waals surface area contributed by atoms with Crippen molar-refractivity contribution in [3.05, 3.63) is 57.9 Å². The predicted molar refractivity (Wildman–Crippen MR) is 87.2 cm³/mol. The van der Waals surface area contributed by atoms with Crippen LogP contribution in [0.4, 0.5) is 8.78 Å². The zero-order chi connectivity index (χ0) is 19.6. The third-order valence-electron chi connectivity index (χ3n) is 3.88. The molecule has 0 aliphatic heterocycles. The van der Waals surface area contributed by atoms with Gasteiger partial charge >= 0.3 is 11.9 Å². The van der Waals surface area contributed by atoms with Crippen LogP contribution in [-0.4, -0.2) is 35.9 Å². The van der Waals surface area contributed by atoms with Crippen LogP contribution >= 0.6 is 0 Å². The summed E-state index contributed by atoms with van der Waals surface area (Å²) in [4.78, 5) is 39.1. The van der Waals surface area contributed by atoms with E-state index in [0.29, 0.717) is 17.3 Å². The molecule has 0 spiro atoms. The van der Waals surface area contributed by atoms with E-state index < -0.39 is 41.0 Å². The molecule has 6 nitrogen and oxygen atoms in total. The number of carbonyl (C=O) groups excluding carboxylic acids is 3. The molecule has 0 fully saturated rings. The van der Waals surface area contributed by atoms with Gasteiger partial charge in [0.15, 0.2) is 6.10 Å². The van der Waals surface area contributed by atoms with Crippen LogP contribution in [0.2, 0.25) is 0 Å². The largest absolute Gasteiger partial charge is 0.465 e. The van der Waals surface area contributed by atoms with E-state index in [4.69, 9.17) is 4.74 Å². The predicted octanol–water partition coefficient (Wildman–Crippen LogP) is 3.12. The average Bonchev–Trinajstić information content (AvgIpc) is 2.87. The van der Waals surface area contributed by atoms with Crippen LogP contribution in [0.5, 0.6) is 0 Å². The second-order valence-corrected chi connectivity index (χ2v) is 5.65. The number of methoxy groups -OCH3 is 1. The summed E-state index contributed by atoms with van der Waals surface area (Å²) in [5, 5.41) is 0. The number of carbonyl (C=O) groups is 3. The van der Waals surface area contributed by atoms with Crippen molar-refractivity contribution in [2.45, 2.75) is 26.9 Å². The molecule has 1 heterocycles.